The van der Waals surface area contributed by atoms with Crippen LogP contribution in [-0.2, 0) is 14.3 Å². The molecule has 0 unspecified atom stereocenters. The van der Waals surface area contributed by atoms with E-state index in [0.717, 1.165) is 6.42 Å². The van der Waals surface area contributed by atoms with Crippen molar-refractivity contribution in [3.8, 4) is 11.5 Å². The summed E-state index contributed by atoms with van der Waals surface area (Å²) in [6.45, 7) is 7.01. The molecule has 0 radical (unpaired) electrons. The fraction of sp³-hybridized carbons (Fsp3) is 0.308. The lowest BCUT2D eigenvalue weighted by Gasteiger charge is -2.25. The Balaban J connectivity index is 2.05. The van der Waals surface area contributed by atoms with Gasteiger partial charge < -0.3 is 24.2 Å². The van der Waals surface area contributed by atoms with Gasteiger partial charge in [-0.3, -0.25) is 9.59 Å². The minimum atomic E-state index is -0.775. The highest BCUT2D eigenvalue weighted by molar-refractivity contribution is 6.46. The van der Waals surface area contributed by atoms with Crippen molar-refractivity contribution in [2.75, 3.05) is 33.5 Å². The minimum absolute atomic E-state index is 0.0270. The Kier molecular flexibility index (Phi) is 8.27. The van der Waals surface area contributed by atoms with Crippen molar-refractivity contribution in [2.24, 2.45) is 0 Å². The lowest BCUT2D eigenvalue weighted by Crippen LogP contribution is -2.32. The number of benzene rings is 2. The lowest BCUT2D eigenvalue weighted by molar-refractivity contribution is -0.140. The summed E-state index contributed by atoms with van der Waals surface area (Å²) in [5, 5.41) is 11.1. The summed E-state index contributed by atoms with van der Waals surface area (Å²) in [5.74, 6) is -0.423. The van der Waals surface area contributed by atoms with Crippen molar-refractivity contribution in [2.45, 2.75) is 19.4 Å². The zero-order chi connectivity index (χ0) is 23.8. The molecule has 2 aromatic rings. The molecule has 1 heterocycles. The number of carbonyl (C=O) groups excluding carboxylic acids is 2. The second-order valence-electron chi connectivity index (χ2n) is 7.53. The Bertz CT molecular complexity index is 1030. The molecule has 7 nitrogen and oxygen atoms in total. The van der Waals surface area contributed by atoms with Crippen LogP contribution in [0.25, 0.3) is 5.76 Å². The molecule has 33 heavy (non-hydrogen) atoms. The van der Waals surface area contributed by atoms with Crippen LogP contribution in [0.5, 0.6) is 11.5 Å². The van der Waals surface area contributed by atoms with Crippen LogP contribution in [0.2, 0.25) is 0 Å². The summed E-state index contributed by atoms with van der Waals surface area (Å²) in [6, 6.07) is 13.1. The van der Waals surface area contributed by atoms with E-state index in [9.17, 15) is 14.7 Å². The maximum absolute atomic E-state index is 13.0. The molecule has 1 aliphatic rings. The molecule has 1 N–H and O–H groups in total. The molecule has 2 aromatic carbocycles. The number of amides is 1. The molecule has 1 fully saturated rings. The smallest absolute Gasteiger partial charge is 0.295 e. The van der Waals surface area contributed by atoms with Gasteiger partial charge in [0.1, 0.15) is 23.9 Å². The molecular formula is C26H29NO6. The van der Waals surface area contributed by atoms with Gasteiger partial charge in [0.25, 0.3) is 11.7 Å². The number of carbonyl (C=O) groups is 2. The number of rotatable bonds is 11. The first-order chi connectivity index (χ1) is 16.0. The number of aliphatic hydroxyl groups excluding tert-OH is 1. The zero-order valence-corrected chi connectivity index (χ0v) is 19.0. The van der Waals surface area contributed by atoms with E-state index < -0.39 is 17.7 Å². The summed E-state index contributed by atoms with van der Waals surface area (Å²) in [6.07, 6.45) is 2.51. The number of ketones is 1. The van der Waals surface area contributed by atoms with Gasteiger partial charge in [0, 0.05) is 19.2 Å². The first-order valence-electron chi connectivity index (χ1n) is 10.9. The molecular weight excluding hydrogens is 422 g/mol. The highest BCUT2D eigenvalue weighted by atomic mass is 16.5. The van der Waals surface area contributed by atoms with E-state index in [1.165, 1.54) is 12.0 Å². The summed E-state index contributed by atoms with van der Waals surface area (Å²) in [5.41, 5.74) is 1.10. The van der Waals surface area contributed by atoms with Crippen LogP contribution in [0.3, 0.4) is 0 Å². The molecule has 1 aliphatic heterocycles. The largest absolute Gasteiger partial charge is 0.507 e. The minimum Gasteiger partial charge on any atom is -0.507 e. The van der Waals surface area contributed by atoms with Crippen LogP contribution >= 0.6 is 0 Å². The normalized spacial score (nSPS) is 17.3. The maximum atomic E-state index is 13.0. The summed E-state index contributed by atoms with van der Waals surface area (Å²) in [4.78, 5) is 27.3. The van der Waals surface area contributed by atoms with Crippen molar-refractivity contribution in [1.29, 1.82) is 0 Å². The van der Waals surface area contributed by atoms with Crippen molar-refractivity contribution in [3.05, 3.63) is 77.9 Å². The van der Waals surface area contributed by atoms with Crippen molar-refractivity contribution < 1.29 is 28.9 Å². The number of methoxy groups -OCH3 is 1. The topological polar surface area (TPSA) is 85.3 Å². The van der Waals surface area contributed by atoms with E-state index in [1.54, 1.807) is 54.6 Å². The fourth-order valence-corrected chi connectivity index (χ4v) is 3.66. The van der Waals surface area contributed by atoms with Gasteiger partial charge in [0.15, 0.2) is 0 Å². The number of hydrogen-bond donors (Lipinski definition) is 1. The van der Waals surface area contributed by atoms with Crippen molar-refractivity contribution >= 4 is 17.4 Å². The van der Waals surface area contributed by atoms with Crippen LogP contribution in [0, 0.1) is 0 Å². The third kappa shape index (κ3) is 5.43. The zero-order valence-electron chi connectivity index (χ0n) is 19.0. The Hall–Kier alpha value is -3.58. The molecule has 0 bridgehead atoms. The molecule has 0 saturated carbocycles. The van der Waals surface area contributed by atoms with Crippen molar-refractivity contribution in [1.82, 2.24) is 4.90 Å². The standard InChI is InChI=1S/C26H29NO6/c1-4-14-32-20-11-9-18(10-12-20)24(28)22-23(27(13-16-31-3)26(30)25(22)29)19-7-6-8-21(17-19)33-15-5-2/h5-12,17,23,28H,2,4,13-16H2,1,3H3/t23-/m0/s1. The van der Waals surface area contributed by atoms with Crippen LogP contribution in [0.15, 0.2) is 66.8 Å². The number of likely N-dealkylation sites (tertiary alicyclic amines) is 1. The second-order valence-corrected chi connectivity index (χ2v) is 7.53. The Morgan fingerprint density at radius 3 is 2.52 bits per heavy atom. The highest BCUT2D eigenvalue weighted by Gasteiger charge is 2.46. The SMILES string of the molecule is C=CCOc1cccc([C@H]2C(=C(O)c3ccc(OCCC)cc3)C(=O)C(=O)N2CCOC)c1. The molecule has 0 aromatic heterocycles. The van der Waals surface area contributed by atoms with Crippen LogP contribution in [-0.4, -0.2) is 55.2 Å². The van der Waals surface area contributed by atoms with E-state index in [0.29, 0.717) is 35.8 Å². The van der Waals surface area contributed by atoms with Gasteiger partial charge >= 0.3 is 0 Å². The first kappa shape index (κ1) is 24.1. The average Bonchev–Trinajstić information content (AvgIpc) is 3.09. The predicted molar refractivity (Wildman–Crippen MR) is 125 cm³/mol. The molecule has 0 spiro atoms. The van der Waals surface area contributed by atoms with E-state index in [-0.39, 0.29) is 24.5 Å². The lowest BCUT2D eigenvalue weighted by atomic mass is 9.95. The third-order valence-corrected chi connectivity index (χ3v) is 5.22. The van der Waals surface area contributed by atoms with Gasteiger partial charge in [-0.25, -0.2) is 0 Å². The molecule has 1 amide bonds. The van der Waals surface area contributed by atoms with Crippen LogP contribution in [0.1, 0.15) is 30.5 Å². The van der Waals surface area contributed by atoms with Gasteiger partial charge in [-0.05, 0) is 48.4 Å². The van der Waals surface area contributed by atoms with Gasteiger partial charge in [0.05, 0.1) is 24.8 Å². The van der Waals surface area contributed by atoms with Gasteiger partial charge in [0.2, 0.25) is 0 Å². The highest BCUT2D eigenvalue weighted by Crippen LogP contribution is 2.40. The molecule has 174 valence electrons. The first-order valence-corrected chi connectivity index (χ1v) is 10.9. The van der Waals surface area contributed by atoms with Crippen LogP contribution in [0.4, 0.5) is 0 Å². The molecule has 1 atom stereocenters. The number of hydrogen-bond acceptors (Lipinski definition) is 6. The molecule has 3 rings (SSSR count). The quantitative estimate of drug-likeness (QED) is 0.240. The predicted octanol–water partition coefficient (Wildman–Crippen LogP) is 4.11. The average molecular weight is 452 g/mol. The van der Waals surface area contributed by atoms with E-state index in [2.05, 4.69) is 6.58 Å². The number of aliphatic hydroxyl groups is 1. The maximum Gasteiger partial charge on any atom is 0.295 e. The van der Waals surface area contributed by atoms with Crippen LogP contribution < -0.4 is 9.47 Å². The Labute approximate surface area is 193 Å². The van der Waals surface area contributed by atoms with Crippen molar-refractivity contribution in [3.63, 3.8) is 0 Å². The van der Waals surface area contributed by atoms with Gasteiger partial charge in [-0.2, -0.15) is 0 Å². The Morgan fingerprint density at radius 1 is 1.09 bits per heavy atom. The fourth-order valence-electron chi connectivity index (χ4n) is 3.66. The molecule has 7 heteroatoms. The van der Waals surface area contributed by atoms with E-state index in [1.807, 2.05) is 6.92 Å². The number of ether oxygens (including phenoxy) is 3. The monoisotopic (exact) mass is 451 g/mol. The molecule has 0 aliphatic carbocycles. The Morgan fingerprint density at radius 2 is 1.85 bits per heavy atom. The summed E-state index contributed by atoms with van der Waals surface area (Å²) in [7, 11) is 1.53. The summed E-state index contributed by atoms with van der Waals surface area (Å²) < 4.78 is 16.4. The van der Waals surface area contributed by atoms with Gasteiger partial charge in [-0.1, -0.05) is 31.7 Å². The van der Waals surface area contributed by atoms with E-state index in [4.69, 9.17) is 14.2 Å². The van der Waals surface area contributed by atoms with E-state index >= 15 is 0 Å². The van der Waals surface area contributed by atoms with Gasteiger partial charge in [-0.15, -0.1) is 0 Å². The summed E-state index contributed by atoms with van der Waals surface area (Å²) >= 11 is 0. The number of Topliss-reactive ketones (excluding diaryl/α,β-unsaturated/α-hetero) is 1. The second kappa shape index (κ2) is 11.3. The molecule has 1 saturated heterocycles. The number of nitrogens with zero attached hydrogens (tertiary/aromatic N) is 1. The third-order valence-electron chi connectivity index (χ3n) is 5.22.